The Morgan fingerprint density at radius 3 is 2.59 bits per heavy atom. The molecule has 0 atom stereocenters. The molecule has 1 aromatic carbocycles. The van der Waals surface area contributed by atoms with Gasteiger partial charge in [0.25, 0.3) is 0 Å². The molecule has 3 aromatic rings. The molecule has 0 aliphatic heterocycles. The van der Waals surface area contributed by atoms with E-state index in [9.17, 15) is 4.79 Å². The molecule has 0 saturated heterocycles. The second kappa shape index (κ2) is 6.37. The van der Waals surface area contributed by atoms with E-state index in [0.717, 1.165) is 41.5 Å². The lowest BCUT2D eigenvalue weighted by molar-refractivity contribution is 0.111. The summed E-state index contributed by atoms with van der Waals surface area (Å²) in [6.07, 6.45) is 0.837. The van der Waals surface area contributed by atoms with E-state index in [1.54, 1.807) is 15.9 Å². The van der Waals surface area contributed by atoms with E-state index in [4.69, 9.17) is 0 Å². The van der Waals surface area contributed by atoms with E-state index in [2.05, 4.69) is 28.8 Å². The summed E-state index contributed by atoms with van der Waals surface area (Å²) >= 11 is 1.54. The second-order valence-electron chi connectivity index (χ2n) is 4.98. The molecule has 0 amide bonds. The Morgan fingerprint density at radius 1 is 1.23 bits per heavy atom. The maximum Gasteiger partial charge on any atom is 0.213 e. The third-order valence-electron chi connectivity index (χ3n) is 3.69. The molecule has 2 heterocycles. The van der Waals surface area contributed by atoms with Crippen molar-refractivity contribution in [2.75, 3.05) is 13.1 Å². The Labute approximate surface area is 133 Å². The highest BCUT2D eigenvalue weighted by molar-refractivity contribution is 7.16. The maximum atomic E-state index is 11.5. The van der Waals surface area contributed by atoms with Crippen molar-refractivity contribution in [3.05, 3.63) is 41.0 Å². The normalized spacial score (nSPS) is 11.4. The summed E-state index contributed by atoms with van der Waals surface area (Å²) < 4.78 is 1.67. The SMILES string of the molecule is CCN(CC)Cc1nn2c(C=O)c(-c3ccccc3)nc2s1. The second-order valence-corrected chi connectivity index (χ2v) is 6.02. The molecular weight excluding hydrogens is 296 g/mol. The molecule has 0 bridgehead atoms. The van der Waals surface area contributed by atoms with Crippen LogP contribution in [-0.4, -0.2) is 38.9 Å². The smallest absolute Gasteiger partial charge is 0.213 e. The zero-order chi connectivity index (χ0) is 15.5. The zero-order valence-corrected chi connectivity index (χ0v) is 13.5. The predicted molar refractivity (Wildman–Crippen MR) is 88.3 cm³/mol. The molecule has 0 aliphatic carbocycles. The van der Waals surface area contributed by atoms with Crippen LogP contribution in [0.3, 0.4) is 0 Å². The first-order valence-corrected chi connectivity index (χ1v) is 8.19. The number of hydrogen-bond donors (Lipinski definition) is 0. The van der Waals surface area contributed by atoms with Gasteiger partial charge in [-0.1, -0.05) is 55.5 Å². The molecule has 0 radical (unpaired) electrons. The molecule has 2 aromatic heterocycles. The van der Waals surface area contributed by atoms with Gasteiger partial charge in [0, 0.05) is 5.56 Å². The van der Waals surface area contributed by atoms with Gasteiger partial charge < -0.3 is 0 Å². The van der Waals surface area contributed by atoms with Gasteiger partial charge in [0.1, 0.15) is 16.4 Å². The molecule has 0 unspecified atom stereocenters. The maximum absolute atomic E-state index is 11.5. The van der Waals surface area contributed by atoms with Crippen molar-refractivity contribution in [1.29, 1.82) is 0 Å². The Morgan fingerprint density at radius 2 is 1.95 bits per heavy atom. The summed E-state index contributed by atoms with van der Waals surface area (Å²) in [4.78, 5) is 19.2. The van der Waals surface area contributed by atoms with Crippen LogP contribution in [-0.2, 0) is 6.54 Å². The van der Waals surface area contributed by atoms with Gasteiger partial charge in [-0.2, -0.15) is 9.61 Å². The number of hydrogen-bond acceptors (Lipinski definition) is 5. The van der Waals surface area contributed by atoms with Gasteiger partial charge in [-0.3, -0.25) is 9.69 Å². The Kier molecular flexibility index (Phi) is 4.31. The number of imidazole rings is 1. The van der Waals surface area contributed by atoms with Gasteiger partial charge in [-0.05, 0) is 13.1 Å². The summed E-state index contributed by atoms with van der Waals surface area (Å²) in [5.74, 6) is 0. The van der Waals surface area contributed by atoms with Crippen LogP contribution in [0.15, 0.2) is 30.3 Å². The number of rotatable bonds is 6. The average Bonchev–Trinajstić information content (AvgIpc) is 3.10. The first-order chi connectivity index (χ1) is 10.8. The predicted octanol–water partition coefficient (Wildman–Crippen LogP) is 3.11. The molecule has 0 saturated carbocycles. The Bertz CT molecular complexity index is 774. The molecule has 22 heavy (non-hydrogen) atoms. The van der Waals surface area contributed by atoms with Gasteiger partial charge in [-0.15, -0.1) is 0 Å². The molecule has 0 spiro atoms. The van der Waals surface area contributed by atoms with Crippen LogP contribution in [0, 0.1) is 0 Å². The minimum atomic E-state index is 0.517. The lowest BCUT2D eigenvalue weighted by Crippen LogP contribution is -2.22. The first kappa shape index (κ1) is 14.9. The lowest BCUT2D eigenvalue weighted by Gasteiger charge is -2.15. The minimum Gasteiger partial charge on any atom is -0.297 e. The van der Waals surface area contributed by atoms with E-state index in [1.165, 1.54) is 0 Å². The van der Waals surface area contributed by atoms with E-state index in [1.807, 2.05) is 30.3 Å². The minimum absolute atomic E-state index is 0.517. The summed E-state index contributed by atoms with van der Waals surface area (Å²) in [5, 5.41) is 5.55. The number of nitrogens with zero attached hydrogens (tertiary/aromatic N) is 4. The number of carbonyl (C=O) groups excluding carboxylic acids is 1. The van der Waals surface area contributed by atoms with Crippen LogP contribution in [0.1, 0.15) is 29.3 Å². The van der Waals surface area contributed by atoms with Gasteiger partial charge in [0.05, 0.1) is 6.54 Å². The Hall–Kier alpha value is -2.05. The van der Waals surface area contributed by atoms with Crippen molar-refractivity contribution in [3.63, 3.8) is 0 Å². The van der Waals surface area contributed by atoms with Gasteiger partial charge >= 0.3 is 0 Å². The topological polar surface area (TPSA) is 50.5 Å². The molecule has 6 heteroatoms. The van der Waals surface area contributed by atoms with Crippen LogP contribution in [0.5, 0.6) is 0 Å². The molecule has 0 aliphatic rings. The molecule has 114 valence electrons. The highest BCUT2D eigenvalue weighted by atomic mass is 32.1. The van der Waals surface area contributed by atoms with Crippen molar-refractivity contribution in [2.45, 2.75) is 20.4 Å². The number of aromatic nitrogens is 3. The van der Waals surface area contributed by atoms with Crippen LogP contribution >= 0.6 is 11.3 Å². The molecule has 0 fully saturated rings. The Balaban J connectivity index is 2.01. The number of benzene rings is 1. The van der Waals surface area contributed by atoms with E-state index < -0.39 is 0 Å². The van der Waals surface area contributed by atoms with Crippen LogP contribution in [0.2, 0.25) is 0 Å². The van der Waals surface area contributed by atoms with E-state index in [0.29, 0.717) is 11.4 Å². The summed E-state index contributed by atoms with van der Waals surface area (Å²) in [5.41, 5.74) is 2.15. The monoisotopic (exact) mass is 314 g/mol. The van der Waals surface area contributed by atoms with Crippen LogP contribution < -0.4 is 0 Å². The van der Waals surface area contributed by atoms with E-state index >= 15 is 0 Å². The molecule has 0 N–H and O–H groups in total. The van der Waals surface area contributed by atoms with Crippen molar-refractivity contribution >= 4 is 22.6 Å². The summed E-state index contributed by atoms with van der Waals surface area (Å²) in [7, 11) is 0. The first-order valence-electron chi connectivity index (χ1n) is 7.38. The third kappa shape index (κ3) is 2.67. The highest BCUT2D eigenvalue weighted by Crippen LogP contribution is 2.26. The fourth-order valence-electron chi connectivity index (χ4n) is 2.42. The van der Waals surface area contributed by atoms with Crippen LogP contribution in [0.4, 0.5) is 0 Å². The zero-order valence-electron chi connectivity index (χ0n) is 12.7. The fraction of sp³-hybridized carbons (Fsp3) is 0.312. The lowest BCUT2D eigenvalue weighted by atomic mass is 10.1. The van der Waals surface area contributed by atoms with Gasteiger partial charge in [0.15, 0.2) is 6.29 Å². The van der Waals surface area contributed by atoms with Crippen molar-refractivity contribution in [3.8, 4) is 11.3 Å². The average molecular weight is 314 g/mol. The number of fused-ring (bicyclic) bond motifs is 1. The summed E-state index contributed by atoms with van der Waals surface area (Å²) in [6.45, 7) is 7.02. The van der Waals surface area contributed by atoms with Gasteiger partial charge in [0.2, 0.25) is 4.96 Å². The van der Waals surface area contributed by atoms with Gasteiger partial charge in [-0.25, -0.2) is 4.98 Å². The highest BCUT2D eigenvalue weighted by Gasteiger charge is 2.17. The van der Waals surface area contributed by atoms with Crippen molar-refractivity contribution < 1.29 is 4.79 Å². The fourth-order valence-corrected chi connectivity index (χ4v) is 3.36. The number of carbonyl (C=O) groups is 1. The van der Waals surface area contributed by atoms with E-state index in [-0.39, 0.29) is 0 Å². The largest absolute Gasteiger partial charge is 0.297 e. The summed E-state index contributed by atoms with van der Waals surface area (Å²) in [6, 6.07) is 9.74. The molecule has 3 rings (SSSR count). The standard InChI is InChI=1S/C16H18N4OS/c1-3-19(4-2)10-14-18-20-13(11-21)15(17-16(20)22-14)12-8-6-5-7-9-12/h5-9,11H,3-4,10H2,1-2H3. The van der Waals surface area contributed by atoms with Crippen LogP contribution in [0.25, 0.3) is 16.2 Å². The molecular formula is C16H18N4OS. The number of aldehydes is 1. The molecule has 5 nitrogen and oxygen atoms in total. The van der Waals surface area contributed by atoms with Crippen molar-refractivity contribution in [1.82, 2.24) is 19.5 Å². The third-order valence-corrected chi connectivity index (χ3v) is 4.59. The quantitative estimate of drug-likeness (QED) is 0.656. The van der Waals surface area contributed by atoms with Crippen molar-refractivity contribution in [2.24, 2.45) is 0 Å².